The number of halogens is 2. The van der Waals surface area contributed by atoms with E-state index in [4.69, 9.17) is 34.4 Å². The molecule has 0 spiro atoms. The van der Waals surface area contributed by atoms with Crippen molar-refractivity contribution in [2.45, 2.75) is 6.54 Å². The number of anilines is 1. The highest BCUT2D eigenvalue weighted by Crippen LogP contribution is 2.25. The molecule has 0 saturated carbocycles. The summed E-state index contributed by atoms with van der Waals surface area (Å²) in [5, 5.41) is 4.48. The summed E-state index contributed by atoms with van der Waals surface area (Å²) < 4.78 is 5.31. The molecule has 0 atom stereocenters. The van der Waals surface area contributed by atoms with Gasteiger partial charge in [0, 0.05) is 11.6 Å². The summed E-state index contributed by atoms with van der Waals surface area (Å²) >= 11 is 11.9. The van der Waals surface area contributed by atoms with Crippen LogP contribution in [0.3, 0.4) is 0 Å². The molecule has 4 heteroatoms. The number of nitrogens with one attached hydrogen (secondary N) is 1. The lowest BCUT2D eigenvalue weighted by Gasteiger charge is -2.09. The molecule has 2 aromatic carbocycles. The minimum atomic E-state index is 0.276. The summed E-state index contributed by atoms with van der Waals surface area (Å²) in [5.74, 6) is 3.19. The van der Waals surface area contributed by atoms with E-state index in [9.17, 15) is 0 Å². The first-order chi connectivity index (χ1) is 9.69. The molecule has 0 aliphatic rings. The Morgan fingerprint density at radius 2 is 1.85 bits per heavy atom. The van der Waals surface area contributed by atoms with Crippen molar-refractivity contribution < 1.29 is 4.74 Å². The summed E-state index contributed by atoms with van der Waals surface area (Å²) in [6, 6.07) is 13.1. The third-order valence-corrected chi connectivity index (χ3v) is 3.21. The van der Waals surface area contributed by atoms with Crippen molar-refractivity contribution in [3.05, 3.63) is 58.1 Å². The number of rotatable bonds is 5. The lowest BCUT2D eigenvalue weighted by atomic mass is 10.2. The van der Waals surface area contributed by atoms with E-state index >= 15 is 0 Å². The predicted octanol–water partition coefficient (Wildman–Crippen LogP) is 4.62. The summed E-state index contributed by atoms with van der Waals surface area (Å²) in [4.78, 5) is 0. The molecule has 0 bridgehead atoms. The molecular weight excluding hydrogens is 293 g/mol. The first-order valence-corrected chi connectivity index (χ1v) is 6.79. The first-order valence-electron chi connectivity index (χ1n) is 6.03. The van der Waals surface area contributed by atoms with Gasteiger partial charge in [-0.15, -0.1) is 6.42 Å². The first kappa shape index (κ1) is 14.6. The Bertz CT molecular complexity index is 617. The van der Waals surface area contributed by atoms with E-state index in [0.717, 1.165) is 17.0 Å². The number of benzene rings is 2. The minimum absolute atomic E-state index is 0.276. The van der Waals surface area contributed by atoms with Crippen LogP contribution in [0.1, 0.15) is 5.56 Å². The third-order valence-electron chi connectivity index (χ3n) is 2.66. The van der Waals surface area contributed by atoms with Gasteiger partial charge in [0.05, 0.1) is 10.7 Å². The fraction of sp³-hybridized carbons (Fsp3) is 0.125. The fourth-order valence-electron chi connectivity index (χ4n) is 1.66. The van der Waals surface area contributed by atoms with Crippen molar-refractivity contribution in [3.8, 4) is 18.1 Å². The summed E-state index contributed by atoms with van der Waals surface area (Å²) in [7, 11) is 0. The van der Waals surface area contributed by atoms with Crippen LogP contribution in [0.15, 0.2) is 42.5 Å². The van der Waals surface area contributed by atoms with Crippen LogP contribution in [0.4, 0.5) is 5.69 Å². The molecule has 2 nitrogen and oxygen atoms in total. The molecule has 0 aromatic heterocycles. The van der Waals surface area contributed by atoms with Gasteiger partial charge in [-0.2, -0.15) is 0 Å². The highest BCUT2D eigenvalue weighted by atomic mass is 35.5. The maximum absolute atomic E-state index is 6.09. The molecule has 0 aliphatic heterocycles. The van der Waals surface area contributed by atoms with E-state index in [-0.39, 0.29) is 6.61 Å². The quantitative estimate of drug-likeness (QED) is 0.814. The van der Waals surface area contributed by atoms with Crippen molar-refractivity contribution in [3.63, 3.8) is 0 Å². The number of terminal acetylenes is 1. The molecule has 2 rings (SSSR count). The second-order valence-electron chi connectivity index (χ2n) is 4.11. The number of hydrogen-bond donors (Lipinski definition) is 1. The van der Waals surface area contributed by atoms with Gasteiger partial charge in [-0.3, -0.25) is 0 Å². The van der Waals surface area contributed by atoms with Crippen LogP contribution in [-0.4, -0.2) is 6.61 Å². The molecule has 0 amide bonds. The van der Waals surface area contributed by atoms with E-state index in [1.807, 2.05) is 30.3 Å². The van der Waals surface area contributed by atoms with Gasteiger partial charge >= 0.3 is 0 Å². The Balaban J connectivity index is 1.95. The molecule has 102 valence electrons. The van der Waals surface area contributed by atoms with Gasteiger partial charge < -0.3 is 10.1 Å². The minimum Gasteiger partial charge on any atom is -0.481 e. The molecule has 1 N–H and O–H groups in total. The van der Waals surface area contributed by atoms with Gasteiger partial charge in [0.1, 0.15) is 12.4 Å². The zero-order valence-corrected chi connectivity index (χ0v) is 12.2. The van der Waals surface area contributed by atoms with Gasteiger partial charge in [-0.25, -0.2) is 0 Å². The van der Waals surface area contributed by atoms with E-state index in [1.54, 1.807) is 12.1 Å². The monoisotopic (exact) mass is 305 g/mol. The van der Waals surface area contributed by atoms with Crippen molar-refractivity contribution in [1.82, 2.24) is 0 Å². The number of hydrogen-bond acceptors (Lipinski definition) is 2. The molecule has 2 aromatic rings. The highest BCUT2D eigenvalue weighted by molar-refractivity contribution is 6.36. The predicted molar refractivity (Wildman–Crippen MR) is 84.6 cm³/mol. The summed E-state index contributed by atoms with van der Waals surface area (Å²) in [5.41, 5.74) is 1.97. The van der Waals surface area contributed by atoms with Crippen molar-refractivity contribution >= 4 is 28.9 Å². The van der Waals surface area contributed by atoms with Crippen LogP contribution in [0.25, 0.3) is 0 Å². The SMILES string of the molecule is C#CCOc1ccc(CNc2ccc(Cl)cc2Cl)cc1. The number of ether oxygens (including phenoxy) is 1. The van der Waals surface area contributed by atoms with Gasteiger partial charge in [0.15, 0.2) is 0 Å². The Kier molecular flexibility index (Phi) is 5.17. The van der Waals surface area contributed by atoms with Crippen LogP contribution in [0.5, 0.6) is 5.75 Å². The van der Waals surface area contributed by atoms with Crippen LogP contribution in [0.2, 0.25) is 10.0 Å². The summed E-state index contributed by atoms with van der Waals surface area (Å²) in [6.45, 7) is 0.939. The average molecular weight is 306 g/mol. The zero-order chi connectivity index (χ0) is 14.4. The zero-order valence-electron chi connectivity index (χ0n) is 10.7. The van der Waals surface area contributed by atoms with E-state index < -0.39 is 0 Å². The van der Waals surface area contributed by atoms with E-state index in [2.05, 4.69) is 11.2 Å². The van der Waals surface area contributed by atoms with Crippen LogP contribution >= 0.6 is 23.2 Å². The van der Waals surface area contributed by atoms with Crippen LogP contribution in [0, 0.1) is 12.3 Å². The van der Waals surface area contributed by atoms with Gasteiger partial charge in [0.2, 0.25) is 0 Å². The third kappa shape index (κ3) is 4.09. The fourth-order valence-corrected chi connectivity index (χ4v) is 2.13. The maximum Gasteiger partial charge on any atom is 0.148 e. The van der Waals surface area contributed by atoms with Crippen molar-refractivity contribution in [2.75, 3.05) is 11.9 Å². The normalized spacial score (nSPS) is 9.85. The Morgan fingerprint density at radius 3 is 2.50 bits per heavy atom. The second kappa shape index (κ2) is 7.09. The van der Waals surface area contributed by atoms with E-state index in [0.29, 0.717) is 16.6 Å². The smallest absolute Gasteiger partial charge is 0.148 e. The molecular formula is C16H13Cl2NO. The van der Waals surface area contributed by atoms with Gasteiger partial charge in [0.25, 0.3) is 0 Å². The molecule has 0 saturated heterocycles. The average Bonchev–Trinajstić information content (AvgIpc) is 2.45. The summed E-state index contributed by atoms with van der Waals surface area (Å²) in [6.07, 6.45) is 5.14. The maximum atomic E-state index is 6.09. The second-order valence-corrected chi connectivity index (χ2v) is 4.96. The van der Waals surface area contributed by atoms with Gasteiger partial charge in [-0.05, 0) is 35.9 Å². The van der Waals surface area contributed by atoms with Crippen LogP contribution < -0.4 is 10.1 Å². The molecule has 0 heterocycles. The molecule has 20 heavy (non-hydrogen) atoms. The Hall–Kier alpha value is -1.82. The molecule has 0 radical (unpaired) electrons. The van der Waals surface area contributed by atoms with Gasteiger partial charge in [-0.1, -0.05) is 41.3 Å². The topological polar surface area (TPSA) is 21.3 Å². The standard InChI is InChI=1S/C16H13Cl2NO/c1-2-9-20-14-6-3-12(4-7-14)11-19-16-8-5-13(17)10-15(16)18/h1,3-8,10,19H,9,11H2. The van der Waals surface area contributed by atoms with Crippen molar-refractivity contribution in [1.29, 1.82) is 0 Å². The molecule has 0 aliphatic carbocycles. The molecule has 0 unspecified atom stereocenters. The van der Waals surface area contributed by atoms with E-state index in [1.165, 1.54) is 0 Å². The Morgan fingerprint density at radius 1 is 1.10 bits per heavy atom. The lowest BCUT2D eigenvalue weighted by molar-refractivity contribution is 0.370. The lowest BCUT2D eigenvalue weighted by Crippen LogP contribution is -2.00. The largest absolute Gasteiger partial charge is 0.481 e. The molecule has 0 fully saturated rings. The van der Waals surface area contributed by atoms with Crippen molar-refractivity contribution in [2.24, 2.45) is 0 Å². The highest BCUT2D eigenvalue weighted by Gasteiger charge is 2.01. The van der Waals surface area contributed by atoms with Crippen LogP contribution in [-0.2, 0) is 6.54 Å². The Labute approximate surface area is 128 Å².